The second-order valence-corrected chi connectivity index (χ2v) is 8.02. The quantitative estimate of drug-likeness (QED) is 0.235. The number of carbonyl (C=O) groups excluding carboxylic acids is 1. The van der Waals surface area contributed by atoms with Crippen LogP contribution >= 0.6 is 0 Å². The largest absolute Gasteiger partial charge is 0.508 e. The normalized spacial score (nSPS) is 12.9. The van der Waals surface area contributed by atoms with Crippen molar-refractivity contribution in [1.82, 2.24) is 0 Å². The zero-order valence-electron chi connectivity index (χ0n) is 18.7. The van der Waals surface area contributed by atoms with E-state index < -0.39 is 6.16 Å². The van der Waals surface area contributed by atoms with Crippen LogP contribution in [0.1, 0.15) is 88.2 Å². The molecule has 0 bridgehead atoms. The molecule has 0 radical (unpaired) electrons. The number of benzene rings is 2. The van der Waals surface area contributed by atoms with Crippen molar-refractivity contribution in [2.45, 2.75) is 77.0 Å². The fraction of sp³-hybridized carbons (Fsp3) is 0.519. The van der Waals surface area contributed by atoms with Crippen LogP contribution in [0.25, 0.3) is 0 Å². The van der Waals surface area contributed by atoms with Gasteiger partial charge in [0.15, 0.2) is 0 Å². The minimum Gasteiger partial charge on any atom is -0.434 e. The predicted octanol–water partition coefficient (Wildman–Crippen LogP) is 7.87. The number of ether oxygens (including phenoxy) is 2. The molecule has 0 aliphatic carbocycles. The zero-order chi connectivity index (χ0) is 21.4. The Morgan fingerprint density at radius 2 is 1.07 bits per heavy atom. The Morgan fingerprint density at radius 1 is 0.667 bits per heavy atom. The molecule has 3 heteroatoms. The summed E-state index contributed by atoms with van der Waals surface area (Å²) in [5.74, 6) is 1.06. The third-order valence-electron chi connectivity index (χ3n) is 5.65. The Kier molecular flexibility index (Phi) is 11.7. The van der Waals surface area contributed by atoms with E-state index in [4.69, 9.17) is 9.47 Å². The minimum atomic E-state index is -0.534. The van der Waals surface area contributed by atoms with Crippen LogP contribution in [0, 0.1) is 0 Å². The molecule has 2 aromatic carbocycles. The van der Waals surface area contributed by atoms with Crippen molar-refractivity contribution in [3.8, 4) is 0 Å². The molecule has 0 saturated heterocycles. The molecular formula is C27H38O3. The SMILES string of the molecule is CCCC(CCCOC(=O)OCCCC(CCC)c1ccccc1)c1ccccc1. The highest BCUT2D eigenvalue weighted by atomic mass is 16.7. The molecular weight excluding hydrogens is 372 g/mol. The van der Waals surface area contributed by atoms with E-state index in [-0.39, 0.29) is 0 Å². The van der Waals surface area contributed by atoms with Crippen LogP contribution in [0.3, 0.4) is 0 Å². The van der Waals surface area contributed by atoms with Crippen LogP contribution in [0.4, 0.5) is 4.79 Å². The molecule has 3 nitrogen and oxygen atoms in total. The van der Waals surface area contributed by atoms with Gasteiger partial charge < -0.3 is 9.47 Å². The lowest BCUT2D eigenvalue weighted by Gasteiger charge is -2.17. The van der Waals surface area contributed by atoms with E-state index in [1.54, 1.807) is 0 Å². The maximum absolute atomic E-state index is 11.9. The monoisotopic (exact) mass is 410 g/mol. The first-order valence-corrected chi connectivity index (χ1v) is 11.6. The van der Waals surface area contributed by atoms with E-state index >= 15 is 0 Å². The van der Waals surface area contributed by atoms with Gasteiger partial charge in [-0.1, -0.05) is 87.4 Å². The van der Waals surface area contributed by atoms with Crippen LogP contribution < -0.4 is 0 Å². The topological polar surface area (TPSA) is 35.5 Å². The van der Waals surface area contributed by atoms with E-state index in [2.05, 4.69) is 74.5 Å². The first kappa shape index (κ1) is 24.0. The van der Waals surface area contributed by atoms with Gasteiger partial charge >= 0.3 is 6.16 Å². The standard InChI is InChI=1S/C27H38O3/c1-3-13-23(25-15-7-5-8-16-25)19-11-21-29-27(28)30-22-12-20-24(14-4-2)26-17-9-6-10-18-26/h5-10,15-18,23-24H,3-4,11-14,19-22H2,1-2H3. The summed E-state index contributed by atoms with van der Waals surface area (Å²) in [6, 6.07) is 21.2. The molecule has 0 fully saturated rings. The van der Waals surface area contributed by atoms with Gasteiger partial charge in [0.05, 0.1) is 13.2 Å². The van der Waals surface area contributed by atoms with E-state index in [0.29, 0.717) is 25.0 Å². The molecule has 164 valence electrons. The lowest BCUT2D eigenvalue weighted by atomic mass is 9.90. The van der Waals surface area contributed by atoms with Crippen molar-refractivity contribution in [1.29, 1.82) is 0 Å². The van der Waals surface area contributed by atoms with Gasteiger partial charge in [0, 0.05) is 0 Å². The summed E-state index contributed by atoms with van der Waals surface area (Å²) in [6.07, 6.45) is 7.89. The molecule has 0 N–H and O–H groups in total. The van der Waals surface area contributed by atoms with Crippen molar-refractivity contribution < 1.29 is 14.3 Å². The smallest absolute Gasteiger partial charge is 0.434 e. The first-order valence-electron chi connectivity index (χ1n) is 11.6. The second kappa shape index (κ2) is 14.7. The number of hydrogen-bond donors (Lipinski definition) is 0. The van der Waals surface area contributed by atoms with Crippen molar-refractivity contribution in [3.05, 3.63) is 71.8 Å². The summed E-state index contributed by atoms with van der Waals surface area (Å²) in [5.41, 5.74) is 2.75. The maximum Gasteiger partial charge on any atom is 0.508 e. The molecule has 2 unspecified atom stereocenters. The van der Waals surface area contributed by atoms with Gasteiger partial charge in [-0.15, -0.1) is 0 Å². The second-order valence-electron chi connectivity index (χ2n) is 8.02. The summed E-state index contributed by atoms with van der Waals surface area (Å²) in [4.78, 5) is 11.9. The van der Waals surface area contributed by atoms with E-state index in [1.165, 1.54) is 11.1 Å². The van der Waals surface area contributed by atoms with Gasteiger partial charge in [-0.25, -0.2) is 4.79 Å². The molecule has 0 aromatic heterocycles. The van der Waals surface area contributed by atoms with Gasteiger partial charge in [-0.05, 0) is 61.5 Å². The average Bonchev–Trinajstić information content (AvgIpc) is 2.79. The molecule has 0 spiro atoms. The summed E-state index contributed by atoms with van der Waals surface area (Å²) >= 11 is 0. The number of carbonyl (C=O) groups is 1. The highest BCUT2D eigenvalue weighted by molar-refractivity contribution is 5.59. The lowest BCUT2D eigenvalue weighted by molar-refractivity contribution is 0.0523. The van der Waals surface area contributed by atoms with Crippen molar-refractivity contribution in [2.24, 2.45) is 0 Å². The Hall–Kier alpha value is -2.29. The van der Waals surface area contributed by atoms with Gasteiger partial charge in [0.25, 0.3) is 0 Å². The predicted molar refractivity (Wildman–Crippen MR) is 124 cm³/mol. The average molecular weight is 411 g/mol. The van der Waals surface area contributed by atoms with Crippen LogP contribution in [0.5, 0.6) is 0 Å². The molecule has 2 aromatic rings. The fourth-order valence-electron chi connectivity index (χ4n) is 4.11. The van der Waals surface area contributed by atoms with Crippen LogP contribution in [-0.4, -0.2) is 19.4 Å². The third-order valence-corrected chi connectivity index (χ3v) is 5.65. The van der Waals surface area contributed by atoms with E-state index in [0.717, 1.165) is 51.4 Å². The van der Waals surface area contributed by atoms with Crippen LogP contribution in [0.2, 0.25) is 0 Å². The summed E-state index contributed by atoms with van der Waals surface area (Å²) in [7, 11) is 0. The Balaban J connectivity index is 1.61. The molecule has 0 aliphatic rings. The molecule has 2 rings (SSSR count). The lowest BCUT2D eigenvalue weighted by Crippen LogP contribution is -2.11. The van der Waals surface area contributed by atoms with Gasteiger partial charge in [-0.3, -0.25) is 0 Å². The molecule has 2 atom stereocenters. The van der Waals surface area contributed by atoms with Gasteiger partial charge in [-0.2, -0.15) is 0 Å². The fourth-order valence-corrected chi connectivity index (χ4v) is 4.11. The highest BCUT2D eigenvalue weighted by Gasteiger charge is 2.13. The van der Waals surface area contributed by atoms with E-state index in [9.17, 15) is 4.79 Å². The molecule has 30 heavy (non-hydrogen) atoms. The van der Waals surface area contributed by atoms with E-state index in [1.807, 2.05) is 0 Å². The Labute approximate surface area is 182 Å². The van der Waals surface area contributed by atoms with Gasteiger partial charge in [0.1, 0.15) is 0 Å². The van der Waals surface area contributed by atoms with Crippen molar-refractivity contribution in [2.75, 3.05) is 13.2 Å². The third kappa shape index (κ3) is 9.02. The van der Waals surface area contributed by atoms with Crippen molar-refractivity contribution >= 4 is 6.16 Å². The van der Waals surface area contributed by atoms with Crippen LogP contribution in [0.15, 0.2) is 60.7 Å². The molecule has 0 heterocycles. The summed E-state index contributed by atoms with van der Waals surface area (Å²) < 4.78 is 10.6. The zero-order valence-corrected chi connectivity index (χ0v) is 18.7. The summed E-state index contributed by atoms with van der Waals surface area (Å²) in [6.45, 7) is 5.28. The van der Waals surface area contributed by atoms with Crippen molar-refractivity contribution in [3.63, 3.8) is 0 Å². The van der Waals surface area contributed by atoms with Crippen LogP contribution in [-0.2, 0) is 9.47 Å². The number of hydrogen-bond acceptors (Lipinski definition) is 3. The highest BCUT2D eigenvalue weighted by Crippen LogP contribution is 2.27. The minimum absolute atomic E-state index is 0.425. The Bertz CT molecular complexity index is 624. The first-order chi connectivity index (χ1) is 14.7. The summed E-state index contributed by atoms with van der Waals surface area (Å²) in [5, 5.41) is 0. The number of rotatable bonds is 14. The molecule has 0 aliphatic heterocycles. The Morgan fingerprint density at radius 3 is 1.43 bits per heavy atom. The molecule has 0 amide bonds. The maximum atomic E-state index is 11.9. The van der Waals surface area contributed by atoms with Gasteiger partial charge in [0.2, 0.25) is 0 Å². The molecule has 0 saturated carbocycles.